The summed E-state index contributed by atoms with van der Waals surface area (Å²) < 4.78 is 22.9. The SMILES string of the molecule is CC1(CNC2CS(=O)(=O)CC2O)CCCS1. The van der Waals surface area contributed by atoms with Crippen molar-refractivity contribution in [2.75, 3.05) is 23.8 Å². The molecule has 2 fully saturated rings. The van der Waals surface area contributed by atoms with Crippen LogP contribution in [0.15, 0.2) is 0 Å². The van der Waals surface area contributed by atoms with Gasteiger partial charge in [-0.05, 0) is 25.5 Å². The van der Waals surface area contributed by atoms with E-state index in [9.17, 15) is 13.5 Å². The minimum atomic E-state index is -3.03. The lowest BCUT2D eigenvalue weighted by Crippen LogP contribution is -2.45. The molecule has 0 aromatic rings. The zero-order chi connectivity index (χ0) is 11.8. The van der Waals surface area contributed by atoms with E-state index in [-0.39, 0.29) is 22.3 Å². The van der Waals surface area contributed by atoms with E-state index in [1.807, 2.05) is 11.8 Å². The lowest BCUT2D eigenvalue weighted by atomic mass is 10.1. The molecule has 2 saturated heterocycles. The van der Waals surface area contributed by atoms with E-state index in [2.05, 4.69) is 12.2 Å². The van der Waals surface area contributed by atoms with E-state index < -0.39 is 15.9 Å². The maximum Gasteiger partial charge on any atom is 0.154 e. The molecule has 0 radical (unpaired) electrons. The Balaban J connectivity index is 1.87. The van der Waals surface area contributed by atoms with Crippen LogP contribution in [0.1, 0.15) is 19.8 Å². The van der Waals surface area contributed by atoms with Gasteiger partial charge >= 0.3 is 0 Å². The Morgan fingerprint density at radius 2 is 2.25 bits per heavy atom. The Morgan fingerprint density at radius 3 is 2.75 bits per heavy atom. The maximum atomic E-state index is 11.3. The summed E-state index contributed by atoms with van der Waals surface area (Å²) in [5, 5.41) is 12.9. The second kappa shape index (κ2) is 4.48. The first-order chi connectivity index (χ1) is 7.40. The second-order valence-electron chi connectivity index (χ2n) is 5.03. The quantitative estimate of drug-likeness (QED) is 0.753. The molecular weight excluding hydrogens is 246 g/mol. The fraction of sp³-hybridized carbons (Fsp3) is 1.00. The molecule has 0 spiro atoms. The number of thioether (sulfide) groups is 1. The fourth-order valence-electron chi connectivity index (χ4n) is 2.35. The minimum Gasteiger partial charge on any atom is -0.390 e. The summed E-state index contributed by atoms with van der Waals surface area (Å²) in [5.74, 6) is 1.17. The average Bonchev–Trinajstić information content (AvgIpc) is 2.68. The number of hydrogen-bond acceptors (Lipinski definition) is 5. The van der Waals surface area contributed by atoms with Gasteiger partial charge < -0.3 is 10.4 Å². The van der Waals surface area contributed by atoms with Crippen LogP contribution < -0.4 is 5.32 Å². The van der Waals surface area contributed by atoms with Crippen molar-refractivity contribution in [3.63, 3.8) is 0 Å². The first kappa shape index (κ1) is 12.7. The number of aliphatic hydroxyl groups excluding tert-OH is 1. The second-order valence-corrected chi connectivity index (χ2v) is 8.87. The van der Waals surface area contributed by atoms with Gasteiger partial charge in [0.25, 0.3) is 0 Å². The number of rotatable bonds is 3. The van der Waals surface area contributed by atoms with Gasteiger partial charge in [0.15, 0.2) is 9.84 Å². The topological polar surface area (TPSA) is 66.4 Å². The first-order valence-corrected chi connectivity index (χ1v) is 8.47. The first-order valence-electron chi connectivity index (χ1n) is 5.66. The maximum absolute atomic E-state index is 11.3. The van der Waals surface area contributed by atoms with Gasteiger partial charge in [-0.3, -0.25) is 0 Å². The van der Waals surface area contributed by atoms with Crippen LogP contribution in [0, 0.1) is 0 Å². The summed E-state index contributed by atoms with van der Waals surface area (Å²) >= 11 is 1.94. The predicted molar refractivity (Wildman–Crippen MR) is 66.5 cm³/mol. The summed E-state index contributed by atoms with van der Waals surface area (Å²) in [6.45, 7) is 2.99. The lowest BCUT2D eigenvalue weighted by molar-refractivity contribution is 0.164. The van der Waals surface area contributed by atoms with Gasteiger partial charge in [0.2, 0.25) is 0 Å². The predicted octanol–water partition coefficient (Wildman–Crippen LogP) is 0.0196. The molecule has 6 heteroatoms. The molecule has 0 aliphatic carbocycles. The highest BCUT2D eigenvalue weighted by atomic mass is 32.2. The summed E-state index contributed by atoms with van der Waals surface area (Å²) in [7, 11) is -3.03. The third kappa shape index (κ3) is 2.91. The van der Waals surface area contributed by atoms with Gasteiger partial charge in [-0.2, -0.15) is 11.8 Å². The Labute approximate surface area is 101 Å². The van der Waals surface area contributed by atoms with Crippen molar-refractivity contribution in [1.29, 1.82) is 0 Å². The van der Waals surface area contributed by atoms with Crippen LogP contribution in [-0.4, -0.2) is 54.2 Å². The molecule has 0 aromatic heterocycles. The van der Waals surface area contributed by atoms with Gasteiger partial charge in [0.05, 0.1) is 17.6 Å². The van der Waals surface area contributed by atoms with Crippen LogP contribution in [-0.2, 0) is 9.84 Å². The van der Waals surface area contributed by atoms with Gasteiger partial charge in [-0.15, -0.1) is 0 Å². The molecule has 2 heterocycles. The Hall–Kier alpha value is 0.220. The number of aliphatic hydroxyl groups is 1. The molecule has 0 aromatic carbocycles. The van der Waals surface area contributed by atoms with Crippen LogP contribution in [0.25, 0.3) is 0 Å². The standard InChI is InChI=1S/C10H19NO3S2/c1-10(3-2-4-15-10)7-11-8-5-16(13,14)6-9(8)12/h8-9,11-12H,2-7H2,1H3. The molecule has 2 N–H and O–H groups in total. The van der Waals surface area contributed by atoms with Crippen molar-refractivity contribution in [3.05, 3.63) is 0 Å². The smallest absolute Gasteiger partial charge is 0.154 e. The monoisotopic (exact) mass is 265 g/mol. The van der Waals surface area contributed by atoms with E-state index in [1.165, 1.54) is 18.6 Å². The molecule has 3 unspecified atom stereocenters. The van der Waals surface area contributed by atoms with Crippen molar-refractivity contribution < 1.29 is 13.5 Å². The number of nitrogens with one attached hydrogen (secondary N) is 1. The van der Waals surface area contributed by atoms with Crippen molar-refractivity contribution in [2.45, 2.75) is 36.7 Å². The molecule has 2 aliphatic rings. The summed E-state index contributed by atoms with van der Waals surface area (Å²) in [5.41, 5.74) is 0. The third-order valence-electron chi connectivity index (χ3n) is 3.36. The Bertz CT molecular complexity index is 349. The molecule has 0 saturated carbocycles. The van der Waals surface area contributed by atoms with Gasteiger partial charge in [-0.1, -0.05) is 0 Å². The molecule has 2 rings (SSSR count). The largest absolute Gasteiger partial charge is 0.390 e. The summed E-state index contributed by atoms with van der Waals surface area (Å²) in [4.78, 5) is 0. The van der Waals surface area contributed by atoms with Gasteiger partial charge in [0.1, 0.15) is 0 Å². The lowest BCUT2D eigenvalue weighted by Gasteiger charge is -2.26. The summed E-state index contributed by atoms with van der Waals surface area (Å²) in [6.07, 6.45) is 1.66. The van der Waals surface area contributed by atoms with Gasteiger partial charge in [-0.25, -0.2) is 8.42 Å². The van der Waals surface area contributed by atoms with Gasteiger partial charge in [0, 0.05) is 17.3 Å². The van der Waals surface area contributed by atoms with Crippen LogP contribution in [0.4, 0.5) is 0 Å². The van der Waals surface area contributed by atoms with E-state index in [0.29, 0.717) is 0 Å². The van der Waals surface area contributed by atoms with E-state index in [1.54, 1.807) is 0 Å². The fourth-order valence-corrected chi connectivity index (χ4v) is 5.38. The number of hydrogen-bond donors (Lipinski definition) is 2. The number of sulfone groups is 1. The molecule has 16 heavy (non-hydrogen) atoms. The zero-order valence-electron chi connectivity index (χ0n) is 9.48. The minimum absolute atomic E-state index is 0.0783. The van der Waals surface area contributed by atoms with Crippen LogP contribution in [0.5, 0.6) is 0 Å². The molecular formula is C10H19NO3S2. The molecule has 0 amide bonds. The molecule has 94 valence electrons. The molecule has 0 bridgehead atoms. The highest BCUT2D eigenvalue weighted by Gasteiger charge is 2.38. The van der Waals surface area contributed by atoms with Crippen LogP contribution in [0.3, 0.4) is 0 Å². The van der Waals surface area contributed by atoms with Crippen molar-refractivity contribution in [2.24, 2.45) is 0 Å². The Morgan fingerprint density at radius 1 is 1.50 bits per heavy atom. The normalized spacial score (nSPS) is 42.6. The van der Waals surface area contributed by atoms with Crippen LogP contribution in [0.2, 0.25) is 0 Å². The van der Waals surface area contributed by atoms with E-state index in [4.69, 9.17) is 0 Å². The Kier molecular flexibility index (Phi) is 3.55. The summed E-state index contributed by atoms with van der Waals surface area (Å²) in [6, 6.07) is -0.275. The van der Waals surface area contributed by atoms with Crippen molar-refractivity contribution >= 4 is 21.6 Å². The van der Waals surface area contributed by atoms with E-state index in [0.717, 1.165) is 6.54 Å². The highest BCUT2D eigenvalue weighted by Crippen LogP contribution is 2.37. The third-order valence-corrected chi connectivity index (χ3v) is 6.62. The van der Waals surface area contributed by atoms with Crippen molar-refractivity contribution in [3.8, 4) is 0 Å². The zero-order valence-corrected chi connectivity index (χ0v) is 11.1. The molecule has 2 aliphatic heterocycles. The van der Waals surface area contributed by atoms with Crippen molar-refractivity contribution in [1.82, 2.24) is 5.32 Å². The molecule has 3 atom stereocenters. The van der Waals surface area contributed by atoms with Crippen LogP contribution >= 0.6 is 11.8 Å². The highest BCUT2D eigenvalue weighted by molar-refractivity contribution is 8.00. The molecule has 4 nitrogen and oxygen atoms in total. The average molecular weight is 265 g/mol. The van der Waals surface area contributed by atoms with E-state index >= 15 is 0 Å².